The number of nitrogens with one attached hydrogen (secondary N) is 2. The second-order valence-corrected chi connectivity index (χ2v) is 10.2. The zero-order valence-corrected chi connectivity index (χ0v) is 23.4. The quantitative estimate of drug-likeness (QED) is 0.376. The van der Waals surface area contributed by atoms with E-state index in [1.807, 2.05) is 6.07 Å². The van der Waals surface area contributed by atoms with Crippen LogP contribution in [-0.4, -0.2) is 73.5 Å². The number of nitriles is 1. The van der Waals surface area contributed by atoms with Gasteiger partial charge in [0.15, 0.2) is 5.82 Å². The van der Waals surface area contributed by atoms with Gasteiger partial charge in [0.25, 0.3) is 0 Å². The van der Waals surface area contributed by atoms with Gasteiger partial charge < -0.3 is 29.7 Å². The Morgan fingerprint density at radius 1 is 1.20 bits per heavy atom. The van der Waals surface area contributed by atoms with Crippen molar-refractivity contribution in [2.24, 2.45) is 5.92 Å². The van der Waals surface area contributed by atoms with E-state index in [4.69, 9.17) is 47.4 Å². The molecule has 5 rings (SSSR count). The first-order valence-electron chi connectivity index (χ1n) is 12.6. The highest BCUT2D eigenvalue weighted by atomic mass is 35.5. The van der Waals surface area contributed by atoms with Crippen molar-refractivity contribution >= 4 is 51.6 Å². The van der Waals surface area contributed by atoms with Crippen LogP contribution in [0.3, 0.4) is 0 Å². The van der Waals surface area contributed by atoms with Crippen LogP contribution in [0, 0.1) is 17.2 Å². The van der Waals surface area contributed by atoms with Gasteiger partial charge in [-0.25, -0.2) is 15.0 Å². The van der Waals surface area contributed by atoms with Crippen LogP contribution in [0.5, 0.6) is 11.5 Å². The third kappa shape index (κ3) is 5.30. The average Bonchev–Trinajstić information content (AvgIpc) is 3.62. The van der Waals surface area contributed by atoms with E-state index in [-0.39, 0.29) is 39.8 Å². The first-order valence-corrected chi connectivity index (χ1v) is 13.3. The van der Waals surface area contributed by atoms with E-state index < -0.39 is 0 Å². The number of aromatic nitrogens is 3. The smallest absolute Gasteiger partial charge is 0.243 e. The molecule has 0 saturated carbocycles. The molecule has 4 heterocycles. The molecule has 11 nitrogen and oxygen atoms in total. The third-order valence-electron chi connectivity index (χ3n) is 6.96. The summed E-state index contributed by atoms with van der Waals surface area (Å²) >= 11 is 13.4. The van der Waals surface area contributed by atoms with Crippen LogP contribution >= 0.6 is 23.2 Å². The minimum Gasteiger partial charge on any atom is -0.495 e. The lowest BCUT2D eigenvalue weighted by Gasteiger charge is -2.22. The van der Waals surface area contributed by atoms with Crippen LogP contribution in [0.2, 0.25) is 10.0 Å². The summed E-state index contributed by atoms with van der Waals surface area (Å²) in [4.78, 5) is 28.2. The highest BCUT2D eigenvalue weighted by molar-refractivity contribution is 6.41. The lowest BCUT2D eigenvalue weighted by atomic mass is 10.1. The highest BCUT2D eigenvalue weighted by Gasteiger charge is 2.31. The minimum absolute atomic E-state index is 0.123. The summed E-state index contributed by atoms with van der Waals surface area (Å²) in [5.41, 5.74) is 0.920. The monoisotopic (exact) mass is 583 g/mol. The van der Waals surface area contributed by atoms with Gasteiger partial charge in [-0.05, 0) is 18.6 Å². The second kappa shape index (κ2) is 11.7. The number of halogens is 2. The predicted molar refractivity (Wildman–Crippen MR) is 152 cm³/mol. The molecule has 3 aromatic rings. The molecule has 0 bridgehead atoms. The zero-order valence-electron chi connectivity index (χ0n) is 21.9. The van der Waals surface area contributed by atoms with Crippen molar-refractivity contribution in [3.8, 4) is 29.0 Å². The van der Waals surface area contributed by atoms with Crippen LogP contribution in [0.15, 0.2) is 31.0 Å². The van der Waals surface area contributed by atoms with Gasteiger partial charge >= 0.3 is 0 Å². The lowest BCUT2D eigenvalue weighted by Crippen LogP contribution is -2.45. The van der Waals surface area contributed by atoms with Crippen molar-refractivity contribution in [1.29, 1.82) is 5.26 Å². The topological polar surface area (TPSA) is 135 Å². The molecule has 208 valence electrons. The van der Waals surface area contributed by atoms with Crippen molar-refractivity contribution < 1.29 is 19.0 Å². The van der Waals surface area contributed by atoms with E-state index in [2.05, 4.69) is 33.2 Å². The number of rotatable bonds is 8. The van der Waals surface area contributed by atoms with Crippen molar-refractivity contribution in [2.45, 2.75) is 18.5 Å². The molecular weight excluding hydrogens is 557 g/mol. The van der Waals surface area contributed by atoms with Gasteiger partial charge in [0.2, 0.25) is 5.91 Å². The molecule has 0 spiro atoms. The Balaban J connectivity index is 1.60. The largest absolute Gasteiger partial charge is 0.495 e. The number of amides is 1. The Labute approximate surface area is 241 Å². The maximum Gasteiger partial charge on any atom is 0.243 e. The van der Waals surface area contributed by atoms with Crippen molar-refractivity contribution in [1.82, 2.24) is 20.3 Å². The standard InChI is InChI=1S/C27H27Cl2N7O4/c1-4-22(37)33-18-13-40-12-17(18)32-21-7-15-16(10-31-21)34-26(35-27(15)36-6-5-14(9-30)11-36)23-24(28)19(38-2)8-20(39-3)25(23)29/h4,7-8,10,14,17-18H,1,5-6,11-13H2,2-3H3,(H,31,32)(H,33,37)/t14?,17-,18+/m1/s1. The second-order valence-electron chi connectivity index (χ2n) is 9.41. The van der Waals surface area contributed by atoms with E-state index in [9.17, 15) is 10.1 Å². The van der Waals surface area contributed by atoms with Crippen molar-refractivity contribution in [3.63, 3.8) is 0 Å². The zero-order chi connectivity index (χ0) is 28.4. The summed E-state index contributed by atoms with van der Waals surface area (Å²) in [7, 11) is 3.00. The molecule has 2 aliphatic rings. The predicted octanol–water partition coefficient (Wildman–Crippen LogP) is 3.85. The van der Waals surface area contributed by atoms with E-state index in [0.717, 1.165) is 5.39 Å². The Bertz CT molecular complexity index is 1480. The van der Waals surface area contributed by atoms with Crippen LogP contribution in [0.1, 0.15) is 6.42 Å². The van der Waals surface area contributed by atoms with E-state index >= 15 is 0 Å². The van der Waals surface area contributed by atoms with Crippen molar-refractivity contribution in [3.05, 3.63) is 41.0 Å². The number of methoxy groups -OCH3 is 2. The highest BCUT2D eigenvalue weighted by Crippen LogP contribution is 2.46. The summed E-state index contributed by atoms with van der Waals surface area (Å²) in [6, 6.07) is 5.36. The molecule has 13 heteroatoms. The number of fused-ring (bicyclic) bond motifs is 1. The van der Waals surface area contributed by atoms with Crippen LogP contribution in [0.4, 0.5) is 11.6 Å². The molecule has 2 N–H and O–H groups in total. The Hall–Kier alpha value is -3.85. The molecule has 0 radical (unpaired) electrons. The Morgan fingerprint density at radius 2 is 1.93 bits per heavy atom. The molecule has 3 atom stereocenters. The molecule has 2 aromatic heterocycles. The van der Waals surface area contributed by atoms with Crippen LogP contribution in [0.25, 0.3) is 22.3 Å². The first kappa shape index (κ1) is 27.7. The minimum atomic E-state index is -0.274. The maximum atomic E-state index is 11.9. The molecule has 1 unspecified atom stereocenters. The number of hydrogen-bond donors (Lipinski definition) is 2. The Morgan fingerprint density at radius 3 is 2.58 bits per heavy atom. The number of nitrogens with zero attached hydrogens (tertiary/aromatic N) is 5. The molecule has 2 saturated heterocycles. The fraction of sp³-hybridized carbons (Fsp3) is 0.370. The van der Waals surface area contributed by atoms with Gasteiger partial charge in [-0.1, -0.05) is 29.8 Å². The molecule has 1 amide bonds. The van der Waals surface area contributed by atoms with Crippen LogP contribution < -0.4 is 25.0 Å². The van der Waals surface area contributed by atoms with E-state index in [1.54, 1.807) is 12.3 Å². The number of hydrogen-bond acceptors (Lipinski definition) is 10. The molecule has 2 fully saturated rings. The molecule has 40 heavy (non-hydrogen) atoms. The lowest BCUT2D eigenvalue weighted by molar-refractivity contribution is -0.117. The van der Waals surface area contributed by atoms with Crippen molar-refractivity contribution in [2.75, 3.05) is 50.7 Å². The van der Waals surface area contributed by atoms with Gasteiger partial charge in [0, 0.05) is 24.5 Å². The molecule has 1 aromatic carbocycles. The molecule has 0 aliphatic carbocycles. The summed E-state index contributed by atoms with van der Waals surface area (Å²) in [5.74, 6) is 1.79. The fourth-order valence-electron chi connectivity index (χ4n) is 4.86. The summed E-state index contributed by atoms with van der Waals surface area (Å²) in [6.07, 6.45) is 3.58. The number of anilines is 2. The molecule has 2 aliphatic heterocycles. The van der Waals surface area contributed by atoms with E-state index in [1.165, 1.54) is 20.3 Å². The number of ether oxygens (including phenoxy) is 3. The average molecular weight is 584 g/mol. The van der Waals surface area contributed by atoms with Gasteiger partial charge in [-0.2, -0.15) is 5.26 Å². The summed E-state index contributed by atoms with van der Waals surface area (Å²) < 4.78 is 16.4. The van der Waals surface area contributed by atoms with Crippen LogP contribution in [-0.2, 0) is 9.53 Å². The number of pyridine rings is 1. The molecular formula is C27H27Cl2N7O4. The van der Waals surface area contributed by atoms with Gasteiger partial charge in [0.05, 0.1) is 78.8 Å². The number of benzene rings is 1. The normalized spacial score (nSPS) is 20.3. The first-order chi connectivity index (χ1) is 19.4. The number of carbonyl (C=O) groups excluding carboxylic acids is 1. The Kier molecular flexibility index (Phi) is 8.12. The fourth-order valence-corrected chi connectivity index (χ4v) is 5.53. The van der Waals surface area contributed by atoms with E-state index in [0.29, 0.717) is 66.9 Å². The summed E-state index contributed by atoms with van der Waals surface area (Å²) in [6.45, 7) is 5.44. The summed E-state index contributed by atoms with van der Waals surface area (Å²) in [5, 5.41) is 17.0. The number of carbonyl (C=O) groups is 1. The third-order valence-corrected chi connectivity index (χ3v) is 7.71. The SMILES string of the molecule is C=CC(=O)N[C@H]1COC[C@H]1Nc1cc2c(N3CCC(C#N)C3)nc(-c3c(Cl)c(OC)cc(OC)c3Cl)nc2cn1. The van der Waals surface area contributed by atoms with Gasteiger partial charge in [-0.3, -0.25) is 4.79 Å². The van der Waals surface area contributed by atoms with Gasteiger partial charge in [-0.15, -0.1) is 0 Å². The maximum absolute atomic E-state index is 11.9. The van der Waals surface area contributed by atoms with Gasteiger partial charge in [0.1, 0.15) is 23.1 Å².